The number of rotatable bonds is 8. The molecule has 1 aromatic rings. The Bertz CT molecular complexity index is 1280. The number of ketones is 2. The molecule has 0 radical (unpaired) electrons. The van der Waals surface area contributed by atoms with E-state index in [1.165, 1.54) is 20.8 Å². The summed E-state index contributed by atoms with van der Waals surface area (Å²) in [6, 6.07) is 9.36. The molecule has 2 aliphatic rings. The van der Waals surface area contributed by atoms with Crippen LogP contribution >= 0.6 is 0 Å². The third-order valence-electron chi connectivity index (χ3n) is 10.5. The Labute approximate surface area is 291 Å². The summed E-state index contributed by atoms with van der Waals surface area (Å²) in [6.45, 7) is 13.1. The Hall–Kier alpha value is -2.51. The normalized spacial score (nSPS) is 40.4. The Morgan fingerprint density at radius 1 is 0.980 bits per heavy atom. The van der Waals surface area contributed by atoms with Gasteiger partial charge in [-0.2, -0.15) is 0 Å². The van der Waals surface area contributed by atoms with Crippen LogP contribution in [0.2, 0.25) is 0 Å². The molecular weight excluding hydrogens is 630 g/mol. The van der Waals surface area contributed by atoms with Crippen molar-refractivity contribution in [2.45, 2.75) is 129 Å². The molecule has 11 heteroatoms. The maximum absolute atomic E-state index is 14.2. The zero-order valence-electron chi connectivity index (χ0n) is 30.9. The molecule has 0 bridgehead atoms. The van der Waals surface area contributed by atoms with Gasteiger partial charge in [-0.1, -0.05) is 70.2 Å². The summed E-state index contributed by atoms with van der Waals surface area (Å²) in [7, 11) is 3.72. The molecule has 13 atom stereocenters. The highest BCUT2D eigenvalue weighted by atomic mass is 16.7. The average Bonchev–Trinajstić information content (AvgIpc) is 3.06. The van der Waals surface area contributed by atoms with Crippen molar-refractivity contribution in [3.05, 3.63) is 42.0 Å². The van der Waals surface area contributed by atoms with E-state index in [-0.39, 0.29) is 37.4 Å². The highest BCUT2D eigenvalue weighted by Crippen LogP contribution is 2.38. The van der Waals surface area contributed by atoms with E-state index in [1.54, 1.807) is 27.7 Å². The van der Waals surface area contributed by atoms with Crippen LogP contribution in [0.1, 0.15) is 80.2 Å². The van der Waals surface area contributed by atoms with Crippen LogP contribution in [0, 0.1) is 23.7 Å². The number of hydrogen-bond donors (Lipinski definition) is 3. The predicted octanol–water partition coefficient (Wildman–Crippen LogP) is 3.81. The first kappa shape index (κ1) is 40.9. The second-order valence-electron chi connectivity index (χ2n) is 14.8. The lowest BCUT2D eigenvalue weighted by molar-refractivity contribution is -0.296. The number of aliphatic hydroxyl groups is 3. The van der Waals surface area contributed by atoms with Gasteiger partial charge in [0.15, 0.2) is 12.1 Å². The lowest BCUT2D eigenvalue weighted by Gasteiger charge is -2.47. The van der Waals surface area contributed by atoms with E-state index in [0.717, 1.165) is 5.56 Å². The van der Waals surface area contributed by atoms with E-state index in [0.29, 0.717) is 6.42 Å². The summed E-state index contributed by atoms with van der Waals surface area (Å²) in [5.41, 5.74) is -2.37. The van der Waals surface area contributed by atoms with Gasteiger partial charge < -0.3 is 39.2 Å². The third kappa shape index (κ3) is 9.64. The number of esters is 1. The zero-order valence-corrected chi connectivity index (χ0v) is 30.9. The predicted molar refractivity (Wildman–Crippen MR) is 185 cm³/mol. The number of cyclic esters (lactones) is 1. The van der Waals surface area contributed by atoms with E-state index in [9.17, 15) is 29.7 Å². The fraction of sp³-hybridized carbons (Fsp3) is 0.711. The molecule has 2 aliphatic heterocycles. The number of carbonyl (C=O) groups excluding carboxylic acids is 3. The van der Waals surface area contributed by atoms with Crippen molar-refractivity contribution in [2.75, 3.05) is 20.7 Å². The first-order chi connectivity index (χ1) is 22.8. The SMILES string of the molecule is CC[C@@H]1OC(=O)[C@H](C)C(=O)[C@H](C)[C@@H](O[C@@H]2O[C@H](C)C[C@H](N(C)C)[C@H]2O)[C@@](C)(OC/C=C/c2ccccc2)C[C@@H](C)C(=O)[C@@H](C)[C@@H](O)[C@]1(C)O. The quantitative estimate of drug-likeness (QED) is 0.270. The van der Waals surface area contributed by atoms with Crippen molar-refractivity contribution in [1.82, 2.24) is 4.90 Å². The standard InChI is InChI=1S/C38H59NO10/c1-11-29-38(8,45)33(43)24(4)30(40)22(2)21-37(7,46-19-15-18-27-16-13-12-14-17-27)34(25(5)31(41)26(6)35(44)48-29)49-36-32(42)28(39(9)10)20-23(3)47-36/h12-18,22-26,28-29,32-34,36,42-43,45H,11,19-21H2,1-10H3/b18-15+/t22-,23-,24-,25+,26-,28+,29+,32-,33-,34-,36+,37+,38-/m1/s1. The Morgan fingerprint density at radius 2 is 1.61 bits per heavy atom. The van der Waals surface area contributed by atoms with Crippen molar-refractivity contribution in [3.63, 3.8) is 0 Å². The molecule has 0 saturated carbocycles. The molecule has 0 spiro atoms. The smallest absolute Gasteiger partial charge is 0.316 e. The fourth-order valence-corrected chi connectivity index (χ4v) is 7.36. The zero-order chi connectivity index (χ0) is 36.8. The van der Waals surface area contributed by atoms with Gasteiger partial charge in [-0.05, 0) is 66.6 Å². The molecule has 0 aromatic heterocycles. The molecule has 276 valence electrons. The Kier molecular flexibility index (Phi) is 14.3. The van der Waals surface area contributed by atoms with Crippen molar-refractivity contribution in [1.29, 1.82) is 0 Å². The number of aliphatic hydroxyl groups excluding tert-OH is 2. The minimum atomic E-state index is -1.97. The topological polar surface area (TPSA) is 152 Å². The molecule has 2 saturated heterocycles. The van der Waals surface area contributed by atoms with Gasteiger partial charge in [-0.15, -0.1) is 0 Å². The van der Waals surface area contributed by atoms with Crippen LogP contribution in [0.25, 0.3) is 6.08 Å². The van der Waals surface area contributed by atoms with Crippen LogP contribution in [0.15, 0.2) is 36.4 Å². The lowest BCUT2D eigenvalue weighted by Crippen LogP contribution is -2.60. The number of Topliss-reactive ketones (excluding diaryl/α,β-unsaturated/α-hetero) is 2. The average molecular weight is 690 g/mol. The molecule has 11 nitrogen and oxygen atoms in total. The number of carbonyl (C=O) groups is 3. The highest BCUT2D eigenvalue weighted by Gasteiger charge is 2.52. The van der Waals surface area contributed by atoms with Crippen LogP contribution in [0.5, 0.6) is 0 Å². The molecule has 0 amide bonds. The van der Waals surface area contributed by atoms with E-state index in [4.69, 9.17) is 18.9 Å². The minimum Gasteiger partial charge on any atom is -0.459 e. The molecule has 3 rings (SSSR count). The van der Waals surface area contributed by atoms with Crippen LogP contribution in [-0.2, 0) is 33.3 Å². The van der Waals surface area contributed by atoms with Crippen molar-refractivity contribution in [3.8, 4) is 0 Å². The Morgan fingerprint density at radius 3 is 2.20 bits per heavy atom. The van der Waals surface area contributed by atoms with Crippen LogP contribution in [0.4, 0.5) is 0 Å². The number of likely N-dealkylation sites (N-methyl/N-ethyl adjacent to an activating group) is 1. The molecule has 49 heavy (non-hydrogen) atoms. The number of nitrogens with zero attached hydrogens (tertiary/aromatic N) is 1. The fourth-order valence-electron chi connectivity index (χ4n) is 7.36. The highest BCUT2D eigenvalue weighted by molar-refractivity contribution is 6.00. The van der Waals surface area contributed by atoms with Gasteiger partial charge in [0.1, 0.15) is 29.5 Å². The first-order valence-corrected chi connectivity index (χ1v) is 17.5. The monoisotopic (exact) mass is 689 g/mol. The summed E-state index contributed by atoms with van der Waals surface area (Å²) in [6.07, 6.45) is -1.88. The summed E-state index contributed by atoms with van der Waals surface area (Å²) in [5, 5.41) is 34.2. The lowest BCUT2D eigenvalue weighted by atomic mass is 9.74. The van der Waals surface area contributed by atoms with Gasteiger partial charge in [0.25, 0.3) is 0 Å². The van der Waals surface area contributed by atoms with Crippen LogP contribution in [-0.4, -0.2) is 113 Å². The second kappa shape index (κ2) is 17.1. The molecule has 3 N–H and O–H groups in total. The summed E-state index contributed by atoms with van der Waals surface area (Å²) in [5.74, 6) is -5.76. The van der Waals surface area contributed by atoms with Gasteiger partial charge in [0.05, 0.1) is 30.5 Å². The van der Waals surface area contributed by atoms with Gasteiger partial charge in [-0.25, -0.2) is 0 Å². The number of ether oxygens (including phenoxy) is 4. The van der Waals surface area contributed by atoms with Crippen LogP contribution in [0.3, 0.4) is 0 Å². The molecule has 1 aromatic carbocycles. The molecule has 0 unspecified atom stereocenters. The summed E-state index contributed by atoms with van der Waals surface area (Å²) < 4.78 is 25.0. The van der Waals surface area contributed by atoms with Gasteiger partial charge in [0, 0.05) is 23.8 Å². The Balaban J connectivity index is 2.13. The summed E-state index contributed by atoms with van der Waals surface area (Å²) >= 11 is 0. The van der Waals surface area contributed by atoms with Gasteiger partial charge >= 0.3 is 5.97 Å². The van der Waals surface area contributed by atoms with Crippen LogP contribution < -0.4 is 0 Å². The van der Waals surface area contributed by atoms with E-state index in [1.807, 2.05) is 68.4 Å². The van der Waals surface area contributed by atoms with Crippen molar-refractivity contribution >= 4 is 23.6 Å². The third-order valence-corrected chi connectivity index (χ3v) is 10.5. The number of hydrogen-bond acceptors (Lipinski definition) is 11. The maximum atomic E-state index is 14.2. The molecule has 0 aliphatic carbocycles. The first-order valence-electron chi connectivity index (χ1n) is 17.5. The molecule has 2 heterocycles. The molecular formula is C38H59NO10. The van der Waals surface area contributed by atoms with Gasteiger partial charge in [-0.3, -0.25) is 14.4 Å². The van der Waals surface area contributed by atoms with Gasteiger partial charge in [0.2, 0.25) is 0 Å². The van der Waals surface area contributed by atoms with Crippen molar-refractivity contribution in [2.24, 2.45) is 23.7 Å². The van der Waals surface area contributed by atoms with E-state index >= 15 is 0 Å². The minimum absolute atomic E-state index is 0.0536. The van der Waals surface area contributed by atoms with E-state index in [2.05, 4.69) is 0 Å². The van der Waals surface area contributed by atoms with Crippen molar-refractivity contribution < 1.29 is 48.7 Å². The maximum Gasteiger partial charge on any atom is 0.316 e. The second-order valence-corrected chi connectivity index (χ2v) is 14.8. The largest absolute Gasteiger partial charge is 0.459 e. The summed E-state index contributed by atoms with van der Waals surface area (Å²) in [4.78, 5) is 43.5. The van der Waals surface area contributed by atoms with E-state index < -0.39 is 77.3 Å². The molecule has 2 fully saturated rings. The number of benzene rings is 1.